The van der Waals surface area contributed by atoms with Crippen LogP contribution in [0, 0.1) is 5.41 Å². The Morgan fingerprint density at radius 3 is 2.33 bits per heavy atom. The summed E-state index contributed by atoms with van der Waals surface area (Å²) in [5.74, 6) is 0.630. The molecule has 3 rings (SSSR count). The van der Waals surface area contributed by atoms with E-state index in [0.29, 0.717) is 17.9 Å². The molecule has 2 aromatic carbocycles. The van der Waals surface area contributed by atoms with Crippen LogP contribution in [0.4, 0.5) is 5.69 Å². The molecule has 0 spiro atoms. The van der Waals surface area contributed by atoms with Crippen LogP contribution < -0.4 is 10.6 Å². The van der Waals surface area contributed by atoms with Crippen molar-refractivity contribution < 1.29 is 13.0 Å². The van der Waals surface area contributed by atoms with E-state index in [2.05, 4.69) is 45.3 Å². The van der Waals surface area contributed by atoms with E-state index in [9.17, 15) is 13.0 Å². The van der Waals surface area contributed by atoms with E-state index >= 15 is 0 Å². The minimum absolute atomic E-state index is 0.0749. The molecular formula is C23H31N3O3S. The fraction of sp³-hybridized carbons (Fsp3) is 0.435. The van der Waals surface area contributed by atoms with Gasteiger partial charge >= 0.3 is 0 Å². The fourth-order valence-electron chi connectivity index (χ4n) is 4.28. The van der Waals surface area contributed by atoms with Gasteiger partial charge in [0.15, 0.2) is 0 Å². The lowest BCUT2D eigenvalue weighted by molar-refractivity contribution is 0.287. The second-order valence-corrected chi connectivity index (χ2v) is 11.0. The number of hydrogen-bond acceptors (Lipinski definition) is 4. The highest BCUT2D eigenvalue weighted by atomic mass is 32.2. The van der Waals surface area contributed by atoms with Crippen LogP contribution in [-0.4, -0.2) is 24.3 Å². The first-order valence-corrected chi connectivity index (χ1v) is 11.5. The number of anilines is 1. The largest absolute Gasteiger partial charge is 0.342 e. The summed E-state index contributed by atoms with van der Waals surface area (Å²) < 4.78 is 33.9. The average Bonchev–Trinajstić information content (AvgIpc) is 2.77. The number of amidine groups is 1. The molecule has 0 bridgehead atoms. The van der Waals surface area contributed by atoms with E-state index in [4.69, 9.17) is 4.99 Å². The van der Waals surface area contributed by atoms with Crippen LogP contribution in [0.5, 0.6) is 0 Å². The third kappa shape index (κ3) is 5.47. The predicted octanol–water partition coefficient (Wildman–Crippen LogP) is 4.80. The summed E-state index contributed by atoms with van der Waals surface area (Å²) in [7, 11) is -4.38. The number of para-hydroxylation sites is 1. The lowest BCUT2D eigenvalue weighted by Gasteiger charge is -2.31. The van der Waals surface area contributed by atoms with Crippen LogP contribution in [0.3, 0.4) is 0 Å². The van der Waals surface area contributed by atoms with Crippen molar-refractivity contribution in [3.8, 4) is 0 Å². The average molecular weight is 430 g/mol. The van der Waals surface area contributed by atoms with Gasteiger partial charge in [-0.2, -0.15) is 8.42 Å². The number of nitrogens with one attached hydrogen (secondary N) is 2. The van der Waals surface area contributed by atoms with Gasteiger partial charge in [-0.15, -0.1) is 0 Å². The molecular weight excluding hydrogens is 398 g/mol. The second-order valence-electron chi connectivity index (χ2n) is 9.66. The summed E-state index contributed by atoms with van der Waals surface area (Å²) in [5.41, 5.74) is 2.15. The van der Waals surface area contributed by atoms with E-state index in [1.165, 1.54) is 6.07 Å². The molecule has 1 aliphatic heterocycles. The van der Waals surface area contributed by atoms with E-state index in [1.807, 2.05) is 24.3 Å². The number of benzene rings is 2. The highest BCUT2D eigenvalue weighted by Crippen LogP contribution is 2.33. The SMILES string of the molecule is CC(C)(C)CC(C)(C)N=C1Nc2ccccc2CNC1c1ccccc1S(=O)(=O)O. The Labute approximate surface area is 179 Å². The third-order valence-corrected chi connectivity index (χ3v) is 5.87. The molecule has 1 unspecified atom stereocenters. The maximum atomic E-state index is 12.0. The molecule has 6 nitrogen and oxygen atoms in total. The van der Waals surface area contributed by atoms with Gasteiger partial charge in [0.05, 0.1) is 16.5 Å². The van der Waals surface area contributed by atoms with Crippen molar-refractivity contribution in [3.05, 3.63) is 59.7 Å². The zero-order valence-electron chi connectivity index (χ0n) is 18.2. The van der Waals surface area contributed by atoms with E-state index in [-0.39, 0.29) is 15.8 Å². The molecule has 0 radical (unpaired) electrons. The van der Waals surface area contributed by atoms with Crippen LogP contribution >= 0.6 is 0 Å². The smallest absolute Gasteiger partial charge is 0.294 e. The van der Waals surface area contributed by atoms with Crippen molar-refractivity contribution in [1.82, 2.24) is 5.32 Å². The summed E-state index contributed by atoms with van der Waals surface area (Å²) in [6.07, 6.45) is 0.847. The predicted molar refractivity (Wildman–Crippen MR) is 121 cm³/mol. The molecule has 7 heteroatoms. The summed E-state index contributed by atoms with van der Waals surface area (Å²) in [6.45, 7) is 11.2. The Bertz CT molecular complexity index is 1050. The summed E-state index contributed by atoms with van der Waals surface area (Å²) >= 11 is 0. The van der Waals surface area contributed by atoms with Crippen LogP contribution in [0.15, 0.2) is 58.4 Å². The minimum atomic E-state index is -4.38. The molecule has 1 heterocycles. The van der Waals surface area contributed by atoms with Crippen molar-refractivity contribution in [3.63, 3.8) is 0 Å². The Balaban J connectivity index is 2.15. The van der Waals surface area contributed by atoms with Gasteiger partial charge in [-0.05, 0) is 48.9 Å². The normalized spacial score (nSPS) is 19.1. The van der Waals surface area contributed by atoms with Crippen molar-refractivity contribution in [2.45, 2.75) is 64.1 Å². The Kier molecular flexibility index (Phi) is 6.09. The van der Waals surface area contributed by atoms with Gasteiger partial charge in [0, 0.05) is 12.2 Å². The Morgan fingerprint density at radius 1 is 1.03 bits per heavy atom. The number of rotatable bonds is 4. The molecule has 3 N–H and O–H groups in total. The van der Waals surface area contributed by atoms with Crippen molar-refractivity contribution >= 4 is 21.6 Å². The van der Waals surface area contributed by atoms with Gasteiger partial charge in [-0.3, -0.25) is 14.9 Å². The first-order valence-electron chi connectivity index (χ1n) is 10.1. The van der Waals surface area contributed by atoms with Gasteiger partial charge in [0.25, 0.3) is 10.1 Å². The number of nitrogens with zero attached hydrogens (tertiary/aromatic N) is 1. The topological polar surface area (TPSA) is 90.8 Å². The summed E-state index contributed by atoms with van der Waals surface area (Å²) in [6, 6.07) is 13.9. The van der Waals surface area contributed by atoms with Crippen LogP contribution in [0.25, 0.3) is 0 Å². The van der Waals surface area contributed by atoms with E-state index < -0.39 is 16.2 Å². The highest BCUT2D eigenvalue weighted by molar-refractivity contribution is 7.85. The number of fused-ring (bicyclic) bond motifs is 1. The Morgan fingerprint density at radius 2 is 1.67 bits per heavy atom. The lowest BCUT2D eigenvalue weighted by Crippen LogP contribution is -2.35. The summed E-state index contributed by atoms with van der Waals surface area (Å²) in [4.78, 5) is 4.95. The van der Waals surface area contributed by atoms with Crippen LogP contribution in [0.2, 0.25) is 0 Å². The molecule has 0 fully saturated rings. The monoisotopic (exact) mass is 429 g/mol. The molecule has 0 amide bonds. The molecule has 0 saturated carbocycles. The lowest BCUT2D eigenvalue weighted by atomic mass is 9.82. The van der Waals surface area contributed by atoms with Gasteiger partial charge in [-0.25, -0.2) is 0 Å². The van der Waals surface area contributed by atoms with Gasteiger partial charge < -0.3 is 5.32 Å². The van der Waals surface area contributed by atoms with Crippen molar-refractivity contribution in [2.75, 3.05) is 5.32 Å². The van der Waals surface area contributed by atoms with E-state index in [0.717, 1.165) is 17.7 Å². The molecule has 1 aliphatic rings. The molecule has 2 aromatic rings. The zero-order chi connectivity index (χ0) is 22.2. The standard InChI is InChI=1S/C23H31N3O3S/c1-22(2,3)15-23(4,5)26-21-20(17-11-7-9-13-19(17)30(27,28)29)24-14-16-10-6-8-12-18(16)25-21/h6-13,20,24H,14-15H2,1-5H3,(H,25,26)(H,27,28,29). The van der Waals surface area contributed by atoms with Crippen LogP contribution in [-0.2, 0) is 16.7 Å². The van der Waals surface area contributed by atoms with Crippen LogP contribution in [0.1, 0.15) is 58.2 Å². The van der Waals surface area contributed by atoms with Crippen molar-refractivity contribution in [1.29, 1.82) is 0 Å². The Hall–Kier alpha value is -2.22. The first-order chi connectivity index (χ1) is 13.9. The molecule has 162 valence electrons. The third-order valence-electron chi connectivity index (χ3n) is 4.94. The molecule has 0 aliphatic carbocycles. The molecule has 0 aromatic heterocycles. The first kappa shape index (κ1) is 22.5. The highest BCUT2D eigenvalue weighted by Gasteiger charge is 2.31. The zero-order valence-corrected chi connectivity index (χ0v) is 19.0. The second kappa shape index (κ2) is 8.13. The molecule has 30 heavy (non-hydrogen) atoms. The van der Waals surface area contributed by atoms with Gasteiger partial charge in [0.2, 0.25) is 0 Å². The maximum absolute atomic E-state index is 12.0. The maximum Gasteiger partial charge on any atom is 0.294 e. The molecule has 1 atom stereocenters. The number of aliphatic imine (C=N–C) groups is 1. The fourth-order valence-corrected chi connectivity index (χ4v) is 5.02. The summed E-state index contributed by atoms with van der Waals surface area (Å²) in [5, 5.41) is 6.87. The quantitative estimate of drug-likeness (QED) is 0.607. The van der Waals surface area contributed by atoms with E-state index in [1.54, 1.807) is 18.2 Å². The van der Waals surface area contributed by atoms with Crippen molar-refractivity contribution in [2.24, 2.45) is 10.4 Å². The minimum Gasteiger partial charge on any atom is -0.342 e. The van der Waals surface area contributed by atoms with Gasteiger partial charge in [0.1, 0.15) is 5.84 Å². The van der Waals surface area contributed by atoms with Gasteiger partial charge in [-0.1, -0.05) is 57.2 Å². The molecule has 0 saturated heterocycles. The number of hydrogen-bond donors (Lipinski definition) is 3.